The lowest BCUT2D eigenvalue weighted by Crippen LogP contribution is -2.35. The fraction of sp³-hybridized carbons (Fsp3) is 0.130. The van der Waals surface area contributed by atoms with Crippen LogP contribution in [0.3, 0.4) is 0 Å². The van der Waals surface area contributed by atoms with Crippen molar-refractivity contribution in [3.05, 3.63) is 106 Å². The van der Waals surface area contributed by atoms with E-state index in [1.54, 1.807) is 29.7 Å². The predicted molar refractivity (Wildman–Crippen MR) is 111 cm³/mol. The molecule has 1 N–H and O–H groups in total. The van der Waals surface area contributed by atoms with Gasteiger partial charge in [0.15, 0.2) is 0 Å². The molecule has 0 aliphatic carbocycles. The average Bonchev–Trinajstić information content (AvgIpc) is 2.78. The second kappa shape index (κ2) is 8.65. The Balaban J connectivity index is 1.66. The van der Waals surface area contributed by atoms with Crippen molar-refractivity contribution in [3.8, 4) is 0 Å². The second-order valence-corrected chi connectivity index (χ2v) is 6.91. The zero-order valence-corrected chi connectivity index (χ0v) is 16.1. The predicted octanol–water partition coefficient (Wildman–Crippen LogP) is 3.34. The summed E-state index contributed by atoms with van der Waals surface area (Å²) in [7, 11) is 0. The lowest BCUT2D eigenvalue weighted by Gasteiger charge is -2.23. The number of hydrogen-bond acceptors (Lipinski definition) is 4. The molecule has 0 unspecified atom stereocenters. The van der Waals surface area contributed by atoms with E-state index in [1.165, 1.54) is 18.3 Å². The highest BCUT2D eigenvalue weighted by molar-refractivity contribution is 5.97. The van der Waals surface area contributed by atoms with E-state index in [1.807, 2.05) is 24.3 Å². The fourth-order valence-electron chi connectivity index (χ4n) is 3.29. The number of amides is 1. The molecule has 150 valence electrons. The van der Waals surface area contributed by atoms with E-state index in [4.69, 9.17) is 0 Å². The normalized spacial score (nSPS) is 10.8. The van der Waals surface area contributed by atoms with Gasteiger partial charge in [0, 0.05) is 55.0 Å². The van der Waals surface area contributed by atoms with Gasteiger partial charge in [-0.25, -0.2) is 4.39 Å². The monoisotopic (exact) mass is 402 g/mol. The van der Waals surface area contributed by atoms with Gasteiger partial charge in [-0.2, -0.15) is 0 Å². The van der Waals surface area contributed by atoms with Gasteiger partial charge >= 0.3 is 0 Å². The van der Waals surface area contributed by atoms with Crippen LogP contribution in [0.25, 0.3) is 10.9 Å². The van der Waals surface area contributed by atoms with E-state index in [9.17, 15) is 14.0 Å². The van der Waals surface area contributed by atoms with Gasteiger partial charge in [0.05, 0.1) is 0 Å². The van der Waals surface area contributed by atoms with Crippen LogP contribution < -0.4 is 5.43 Å². The first-order valence-corrected chi connectivity index (χ1v) is 9.50. The third-order valence-corrected chi connectivity index (χ3v) is 4.90. The molecular weight excluding hydrogens is 383 g/mol. The first-order chi connectivity index (χ1) is 14.6. The van der Waals surface area contributed by atoms with Crippen LogP contribution in [0.4, 0.5) is 4.39 Å². The number of carbonyl (C=O) groups excluding carboxylic acids is 1. The number of halogens is 1. The summed E-state index contributed by atoms with van der Waals surface area (Å²) in [5.74, 6) is -0.933. The molecule has 0 bridgehead atoms. The maximum atomic E-state index is 13.6. The van der Waals surface area contributed by atoms with E-state index in [-0.39, 0.29) is 10.9 Å². The summed E-state index contributed by atoms with van der Waals surface area (Å²) >= 11 is 0. The Hall–Kier alpha value is -3.87. The molecule has 4 aromatic rings. The fourth-order valence-corrected chi connectivity index (χ4v) is 3.29. The number of nitrogens with zero attached hydrogens (tertiary/aromatic N) is 3. The summed E-state index contributed by atoms with van der Waals surface area (Å²) < 4.78 is 13.6. The average molecular weight is 402 g/mol. The Morgan fingerprint density at radius 1 is 0.967 bits per heavy atom. The molecule has 6 nitrogen and oxygen atoms in total. The zero-order chi connectivity index (χ0) is 20.9. The third kappa shape index (κ3) is 4.25. The number of fused-ring (bicyclic) bond motifs is 1. The van der Waals surface area contributed by atoms with Gasteiger partial charge in [-0.1, -0.05) is 0 Å². The molecule has 7 heteroatoms. The second-order valence-electron chi connectivity index (χ2n) is 6.91. The van der Waals surface area contributed by atoms with Crippen molar-refractivity contribution in [2.75, 3.05) is 6.54 Å². The van der Waals surface area contributed by atoms with Gasteiger partial charge in [-0.3, -0.25) is 19.6 Å². The molecule has 4 rings (SSSR count). The van der Waals surface area contributed by atoms with Gasteiger partial charge in [0.25, 0.3) is 5.91 Å². The highest BCUT2D eigenvalue weighted by Crippen LogP contribution is 2.13. The Morgan fingerprint density at radius 2 is 1.63 bits per heavy atom. The summed E-state index contributed by atoms with van der Waals surface area (Å²) in [6.45, 7) is 0.735. The number of pyridine rings is 3. The van der Waals surface area contributed by atoms with Gasteiger partial charge < -0.3 is 9.88 Å². The molecule has 0 saturated carbocycles. The molecule has 0 atom stereocenters. The minimum Gasteiger partial charge on any atom is -0.360 e. The smallest absolute Gasteiger partial charge is 0.259 e. The first-order valence-electron chi connectivity index (χ1n) is 9.50. The molecule has 0 saturated heterocycles. The van der Waals surface area contributed by atoms with Gasteiger partial charge in [0.1, 0.15) is 11.4 Å². The van der Waals surface area contributed by atoms with Crippen molar-refractivity contribution in [1.82, 2.24) is 19.9 Å². The Labute approximate surface area is 172 Å². The van der Waals surface area contributed by atoms with Crippen LogP contribution in [0.1, 0.15) is 21.5 Å². The van der Waals surface area contributed by atoms with Gasteiger partial charge in [-0.15, -0.1) is 0 Å². The number of nitrogens with one attached hydrogen (secondary N) is 1. The number of carbonyl (C=O) groups is 1. The Kier molecular flexibility index (Phi) is 5.61. The highest BCUT2D eigenvalue weighted by atomic mass is 19.1. The molecular formula is C23H19FN4O2. The van der Waals surface area contributed by atoms with Crippen LogP contribution in [0.15, 0.2) is 78.2 Å². The molecule has 30 heavy (non-hydrogen) atoms. The van der Waals surface area contributed by atoms with Crippen LogP contribution in [-0.4, -0.2) is 32.3 Å². The minimum absolute atomic E-state index is 0.0168. The first kappa shape index (κ1) is 19.4. The molecule has 1 aromatic carbocycles. The van der Waals surface area contributed by atoms with Gasteiger partial charge in [0.2, 0.25) is 5.43 Å². The number of H-pyrrole nitrogens is 1. The van der Waals surface area contributed by atoms with Crippen LogP contribution in [-0.2, 0) is 13.0 Å². The molecule has 0 aliphatic rings. The van der Waals surface area contributed by atoms with Crippen molar-refractivity contribution in [1.29, 1.82) is 0 Å². The van der Waals surface area contributed by atoms with Crippen LogP contribution in [0.2, 0.25) is 0 Å². The molecule has 3 heterocycles. The van der Waals surface area contributed by atoms with Crippen molar-refractivity contribution in [2.45, 2.75) is 13.0 Å². The summed E-state index contributed by atoms with van der Waals surface area (Å²) in [6.07, 6.45) is 8.73. The lowest BCUT2D eigenvalue weighted by molar-refractivity contribution is 0.0743. The SMILES string of the molecule is O=C(c1c[nH]c2ccc(F)cc2c1=O)N(CCc1ccncc1)Cc1ccncc1. The topological polar surface area (TPSA) is 79.0 Å². The largest absolute Gasteiger partial charge is 0.360 e. The molecule has 0 aliphatic heterocycles. The standard InChI is InChI=1S/C23H19FN4O2/c24-18-1-2-21-19(13-18)22(29)20(14-27-21)23(30)28(15-17-5-10-26-11-6-17)12-7-16-3-8-25-9-4-16/h1-6,8-11,13-14H,7,12,15H2,(H,27,29). The molecule has 0 fully saturated rings. The summed E-state index contributed by atoms with van der Waals surface area (Å²) in [4.78, 5) is 38.8. The number of aromatic nitrogens is 3. The van der Waals surface area contributed by atoms with Crippen molar-refractivity contribution in [2.24, 2.45) is 0 Å². The summed E-state index contributed by atoms with van der Waals surface area (Å²) in [5, 5.41) is 0.152. The van der Waals surface area contributed by atoms with E-state index in [0.717, 1.165) is 17.2 Å². The number of hydrogen-bond donors (Lipinski definition) is 1. The maximum Gasteiger partial charge on any atom is 0.259 e. The summed E-state index contributed by atoms with van der Waals surface area (Å²) in [6, 6.07) is 11.3. The van der Waals surface area contributed by atoms with E-state index in [0.29, 0.717) is 25.0 Å². The van der Waals surface area contributed by atoms with Gasteiger partial charge in [-0.05, 0) is 60.0 Å². The van der Waals surface area contributed by atoms with Crippen molar-refractivity contribution < 1.29 is 9.18 Å². The van der Waals surface area contributed by atoms with E-state index < -0.39 is 17.2 Å². The molecule has 0 radical (unpaired) electrons. The van der Waals surface area contributed by atoms with E-state index in [2.05, 4.69) is 15.0 Å². The Morgan fingerprint density at radius 3 is 2.33 bits per heavy atom. The third-order valence-electron chi connectivity index (χ3n) is 4.90. The maximum absolute atomic E-state index is 13.6. The molecule has 0 spiro atoms. The zero-order valence-electron chi connectivity index (χ0n) is 16.1. The van der Waals surface area contributed by atoms with Crippen molar-refractivity contribution in [3.63, 3.8) is 0 Å². The van der Waals surface area contributed by atoms with Crippen LogP contribution in [0, 0.1) is 5.82 Å². The molecule has 1 amide bonds. The van der Waals surface area contributed by atoms with Crippen LogP contribution in [0.5, 0.6) is 0 Å². The van der Waals surface area contributed by atoms with Crippen molar-refractivity contribution >= 4 is 16.8 Å². The number of aromatic amines is 1. The highest BCUT2D eigenvalue weighted by Gasteiger charge is 2.20. The van der Waals surface area contributed by atoms with E-state index >= 15 is 0 Å². The minimum atomic E-state index is -0.524. The quantitative estimate of drug-likeness (QED) is 0.537. The lowest BCUT2D eigenvalue weighted by atomic mass is 10.1. The number of rotatable bonds is 6. The summed E-state index contributed by atoms with van der Waals surface area (Å²) in [5.41, 5.74) is 1.91. The Bertz CT molecular complexity index is 1230. The molecule has 3 aromatic heterocycles. The number of benzene rings is 1. The van der Waals surface area contributed by atoms with Crippen LogP contribution >= 0.6 is 0 Å².